The largest absolute Gasteiger partial charge is 0.469 e. The monoisotopic (exact) mass is 516 g/mol. The molecule has 0 unspecified atom stereocenters. The van der Waals surface area contributed by atoms with E-state index in [1.165, 1.54) is 7.11 Å². The van der Waals surface area contributed by atoms with Gasteiger partial charge in [-0.25, -0.2) is 0 Å². The van der Waals surface area contributed by atoms with E-state index in [2.05, 4.69) is 32.8 Å². The van der Waals surface area contributed by atoms with Crippen molar-refractivity contribution in [2.75, 3.05) is 13.7 Å². The highest BCUT2D eigenvalue weighted by molar-refractivity contribution is 7.80. The lowest BCUT2D eigenvalue weighted by atomic mass is 9.96. The third kappa shape index (κ3) is 4.65. The summed E-state index contributed by atoms with van der Waals surface area (Å²) in [4.78, 5) is 18.4. The van der Waals surface area contributed by atoms with E-state index in [9.17, 15) is 4.79 Å². The van der Waals surface area contributed by atoms with Crippen LogP contribution in [0.5, 0.6) is 0 Å². The first-order valence-corrected chi connectivity index (χ1v) is 12.2. The fourth-order valence-corrected chi connectivity index (χ4v) is 5.32. The quantitative estimate of drug-likeness (QED) is 0.320. The number of aromatic nitrogens is 2. The van der Waals surface area contributed by atoms with Gasteiger partial charge in [0.05, 0.1) is 40.6 Å². The van der Waals surface area contributed by atoms with Gasteiger partial charge in [-0.1, -0.05) is 35.3 Å². The number of methoxy groups -OCH3 is 1. The maximum Gasteiger partial charge on any atom is 0.305 e. The number of aryl methyl sites for hydroxylation is 1. The van der Waals surface area contributed by atoms with Gasteiger partial charge in [-0.3, -0.25) is 9.78 Å². The Kier molecular flexibility index (Phi) is 7.45. The number of rotatable bonds is 7. The standard InChI is InChI=1S/C25H26Cl2N4O2S/c1-15-14-17(16(2)31(15)20-10-6-8-18(26)22(20)27)24-23(19-9-4-5-12-28-19)29-25(34)30(24)13-7-11-21(32)33-3/h4-6,8-10,12,14,23-24H,7,11,13H2,1-3H3,(H,29,34)/t23-,24-/m1/s1. The first kappa shape index (κ1) is 24.5. The Balaban J connectivity index is 1.78. The Morgan fingerprint density at radius 1 is 1.21 bits per heavy atom. The first-order chi connectivity index (χ1) is 16.3. The molecule has 1 aromatic carbocycles. The van der Waals surface area contributed by atoms with Crippen molar-refractivity contribution in [1.82, 2.24) is 19.8 Å². The van der Waals surface area contributed by atoms with Crippen molar-refractivity contribution in [3.8, 4) is 5.69 Å². The molecule has 1 fully saturated rings. The summed E-state index contributed by atoms with van der Waals surface area (Å²) < 4.78 is 6.93. The summed E-state index contributed by atoms with van der Waals surface area (Å²) >= 11 is 18.6. The molecule has 1 aliphatic rings. The highest BCUT2D eigenvalue weighted by Crippen LogP contribution is 2.42. The Bertz CT molecular complexity index is 1220. The van der Waals surface area contributed by atoms with E-state index in [4.69, 9.17) is 40.2 Å². The van der Waals surface area contributed by atoms with E-state index in [-0.39, 0.29) is 18.1 Å². The van der Waals surface area contributed by atoms with Crippen LogP contribution in [0.4, 0.5) is 0 Å². The van der Waals surface area contributed by atoms with E-state index in [0.29, 0.717) is 34.5 Å². The van der Waals surface area contributed by atoms with Crippen LogP contribution in [0, 0.1) is 13.8 Å². The maximum atomic E-state index is 11.7. The number of esters is 1. The molecule has 0 amide bonds. The van der Waals surface area contributed by atoms with Crippen LogP contribution in [0.1, 0.15) is 47.6 Å². The van der Waals surface area contributed by atoms with E-state index in [0.717, 1.165) is 28.3 Å². The van der Waals surface area contributed by atoms with Crippen molar-refractivity contribution in [2.24, 2.45) is 0 Å². The minimum absolute atomic E-state index is 0.113. The molecule has 1 aliphatic heterocycles. The van der Waals surface area contributed by atoms with Crippen LogP contribution in [0.2, 0.25) is 10.0 Å². The van der Waals surface area contributed by atoms with E-state index >= 15 is 0 Å². The van der Waals surface area contributed by atoms with Gasteiger partial charge in [-0.15, -0.1) is 0 Å². The molecule has 0 radical (unpaired) electrons. The van der Waals surface area contributed by atoms with Crippen molar-refractivity contribution < 1.29 is 9.53 Å². The van der Waals surface area contributed by atoms with Crippen molar-refractivity contribution in [2.45, 2.75) is 38.8 Å². The van der Waals surface area contributed by atoms with Crippen LogP contribution in [0.15, 0.2) is 48.7 Å². The van der Waals surface area contributed by atoms with Crippen LogP contribution in [-0.4, -0.2) is 39.2 Å². The molecule has 4 rings (SSSR count). The number of ether oxygens (including phenoxy) is 1. The smallest absolute Gasteiger partial charge is 0.305 e. The van der Waals surface area contributed by atoms with Gasteiger partial charge < -0.3 is 19.5 Å². The molecule has 0 aliphatic carbocycles. The van der Waals surface area contributed by atoms with Crippen LogP contribution in [-0.2, 0) is 9.53 Å². The second kappa shape index (κ2) is 10.3. The maximum absolute atomic E-state index is 11.7. The number of benzene rings is 1. The summed E-state index contributed by atoms with van der Waals surface area (Å²) in [5.74, 6) is -0.232. The molecule has 3 aromatic rings. The predicted octanol–water partition coefficient (Wildman–Crippen LogP) is 5.72. The zero-order valence-corrected chi connectivity index (χ0v) is 21.5. The van der Waals surface area contributed by atoms with Crippen molar-refractivity contribution in [3.63, 3.8) is 0 Å². The second-order valence-electron chi connectivity index (χ2n) is 8.23. The van der Waals surface area contributed by atoms with Crippen LogP contribution >= 0.6 is 35.4 Å². The molecule has 2 aromatic heterocycles. The molecular weight excluding hydrogens is 491 g/mol. The number of nitrogens with one attached hydrogen (secondary N) is 1. The lowest BCUT2D eigenvalue weighted by Gasteiger charge is -2.28. The third-order valence-corrected chi connectivity index (χ3v) is 7.33. The average molecular weight is 517 g/mol. The van der Waals surface area contributed by atoms with Gasteiger partial charge in [0, 0.05) is 30.6 Å². The van der Waals surface area contributed by atoms with Crippen molar-refractivity contribution in [1.29, 1.82) is 0 Å². The number of carbonyl (C=O) groups excluding carboxylic acids is 1. The lowest BCUT2D eigenvalue weighted by Crippen LogP contribution is -2.31. The summed E-state index contributed by atoms with van der Waals surface area (Å²) in [6.45, 7) is 4.73. The van der Waals surface area contributed by atoms with E-state index in [1.54, 1.807) is 12.3 Å². The number of pyridine rings is 1. The highest BCUT2D eigenvalue weighted by Gasteiger charge is 2.41. The molecule has 3 heterocycles. The summed E-state index contributed by atoms with van der Waals surface area (Å²) in [6, 6.07) is 13.4. The van der Waals surface area contributed by atoms with Crippen molar-refractivity contribution >= 4 is 46.5 Å². The number of carbonyl (C=O) groups is 1. The molecule has 34 heavy (non-hydrogen) atoms. The van der Waals surface area contributed by atoms with Crippen LogP contribution in [0.25, 0.3) is 5.69 Å². The first-order valence-electron chi connectivity index (χ1n) is 11.0. The fraction of sp³-hybridized carbons (Fsp3) is 0.320. The zero-order chi connectivity index (χ0) is 24.4. The molecule has 2 atom stereocenters. The van der Waals surface area contributed by atoms with Crippen molar-refractivity contribution in [3.05, 3.63) is 81.4 Å². The van der Waals surface area contributed by atoms with E-state index in [1.807, 2.05) is 37.3 Å². The Morgan fingerprint density at radius 2 is 2.00 bits per heavy atom. The fourth-order valence-electron chi connectivity index (χ4n) is 4.60. The second-order valence-corrected chi connectivity index (χ2v) is 9.41. The van der Waals surface area contributed by atoms with Gasteiger partial charge in [-0.05, 0) is 68.4 Å². The molecular formula is C25H26Cl2N4O2S. The number of halogens is 2. The van der Waals surface area contributed by atoms with Crippen LogP contribution in [0.3, 0.4) is 0 Å². The van der Waals surface area contributed by atoms with Gasteiger partial charge in [0.1, 0.15) is 0 Å². The molecule has 0 spiro atoms. The average Bonchev–Trinajstić information content (AvgIpc) is 3.31. The van der Waals surface area contributed by atoms with Gasteiger partial charge in [-0.2, -0.15) is 0 Å². The SMILES string of the molecule is COC(=O)CCCN1C(=S)N[C@H](c2ccccn2)[C@H]1c1cc(C)n(-c2cccc(Cl)c2Cl)c1C. The normalized spacial score (nSPS) is 17.7. The third-order valence-electron chi connectivity index (χ3n) is 6.17. The van der Waals surface area contributed by atoms with Gasteiger partial charge >= 0.3 is 5.97 Å². The van der Waals surface area contributed by atoms with Gasteiger partial charge in [0.15, 0.2) is 5.11 Å². The topological polar surface area (TPSA) is 59.4 Å². The number of hydrogen-bond acceptors (Lipinski definition) is 4. The highest BCUT2D eigenvalue weighted by atomic mass is 35.5. The Hall–Kier alpha value is -2.61. The zero-order valence-electron chi connectivity index (χ0n) is 19.2. The Labute approximate surface area is 214 Å². The summed E-state index contributed by atoms with van der Waals surface area (Å²) in [5, 5.41) is 5.11. The molecule has 178 valence electrons. The molecule has 9 heteroatoms. The van der Waals surface area contributed by atoms with Gasteiger partial charge in [0.25, 0.3) is 0 Å². The summed E-state index contributed by atoms with van der Waals surface area (Å²) in [7, 11) is 1.40. The molecule has 1 N–H and O–H groups in total. The lowest BCUT2D eigenvalue weighted by molar-refractivity contribution is -0.140. The molecule has 1 saturated heterocycles. The summed E-state index contributed by atoms with van der Waals surface area (Å²) in [6.07, 6.45) is 2.73. The van der Waals surface area contributed by atoms with E-state index < -0.39 is 0 Å². The predicted molar refractivity (Wildman–Crippen MR) is 139 cm³/mol. The minimum Gasteiger partial charge on any atom is -0.469 e. The number of nitrogens with zero attached hydrogens (tertiary/aromatic N) is 3. The van der Waals surface area contributed by atoms with Gasteiger partial charge in [0.2, 0.25) is 0 Å². The molecule has 0 bridgehead atoms. The minimum atomic E-state index is -0.232. The van der Waals surface area contributed by atoms with Crippen LogP contribution < -0.4 is 5.32 Å². The molecule has 0 saturated carbocycles. The Morgan fingerprint density at radius 3 is 2.71 bits per heavy atom. The number of thiocarbonyl (C=S) groups is 1. The summed E-state index contributed by atoms with van der Waals surface area (Å²) in [5.41, 5.74) is 4.90. The number of hydrogen-bond donors (Lipinski definition) is 1. The molecule has 6 nitrogen and oxygen atoms in total.